The van der Waals surface area contributed by atoms with Crippen LogP contribution in [-0.4, -0.2) is 62.7 Å². The van der Waals surface area contributed by atoms with Crippen LogP contribution in [0.25, 0.3) is 22.1 Å². The molecule has 7 aromatic rings. The third kappa shape index (κ3) is 8.20. The molecule has 0 saturated carbocycles. The largest absolute Gasteiger partial charge is 0.497 e. The summed E-state index contributed by atoms with van der Waals surface area (Å²) in [5.41, 5.74) is 14.9. The zero-order valence-electron chi connectivity index (χ0n) is 36.1. The predicted molar refractivity (Wildman–Crippen MR) is 231 cm³/mol. The van der Waals surface area contributed by atoms with Crippen molar-refractivity contribution in [3.05, 3.63) is 129 Å². The SMILES string of the molecule is CCn1nc(C)cc1C(=O)/N=c1\n(C)c2cc(C(N)=O)ccc2n1C/C(C)=C(\C)Cn1/c(=N/C(=O)c2cc(C)nn2CC)n(C)c2cccc(OCc3ccc(OC)cc3)c21. The van der Waals surface area contributed by atoms with Crippen molar-refractivity contribution in [2.75, 3.05) is 7.11 Å². The van der Waals surface area contributed by atoms with E-state index in [1.54, 1.807) is 52.4 Å². The second-order valence-electron chi connectivity index (χ2n) is 15.1. The van der Waals surface area contributed by atoms with Gasteiger partial charge in [-0.3, -0.25) is 23.7 Å². The van der Waals surface area contributed by atoms with Crippen LogP contribution >= 0.6 is 0 Å². The average molecular weight is 826 g/mol. The molecule has 4 heterocycles. The Morgan fingerprint density at radius 3 is 1.82 bits per heavy atom. The minimum atomic E-state index is -0.563. The number of nitrogens with zero attached hydrogens (tertiary/aromatic N) is 10. The van der Waals surface area contributed by atoms with Crippen LogP contribution in [0.15, 0.2) is 93.9 Å². The van der Waals surface area contributed by atoms with Gasteiger partial charge in [-0.05, 0) is 102 Å². The number of amides is 3. The number of para-hydroxylation sites is 1. The number of primary amides is 1. The number of carbonyl (C=O) groups excluding carboxylic acids is 3. The number of rotatable bonds is 13. The molecule has 0 unspecified atom stereocenters. The first-order chi connectivity index (χ1) is 29.2. The summed E-state index contributed by atoms with van der Waals surface area (Å²) in [5, 5.41) is 8.93. The Hall–Kier alpha value is -7.23. The highest BCUT2D eigenvalue weighted by Crippen LogP contribution is 2.28. The van der Waals surface area contributed by atoms with E-state index in [0.717, 1.165) is 44.7 Å². The van der Waals surface area contributed by atoms with Gasteiger partial charge < -0.3 is 33.5 Å². The van der Waals surface area contributed by atoms with E-state index in [0.29, 0.717) is 77.9 Å². The van der Waals surface area contributed by atoms with Crippen LogP contribution in [0, 0.1) is 13.8 Å². The molecule has 0 radical (unpaired) electrons. The first-order valence-corrected chi connectivity index (χ1v) is 20.1. The van der Waals surface area contributed by atoms with Crippen molar-refractivity contribution in [2.45, 2.75) is 74.3 Å². The van der Waals surface area contributed by atoms with Crippen molar-refractivity contribution in [1.82, 2.24) is 37.8 Å². The number of ether oxygens (including phenoxy) is 2. The van der Waals surface area contributed by atoms with Gasteiger partial charge in [0, 0.05) is 45.8 Å². The fraction of sp³-hybridized carbons (Fsp3) is 0.311. The minimum Gasteiger partial charge on any atom is -0.497 e. The normalized spacial score (nSPS) is 12.7. The van der Waals surface area contributed by atoms with Gasteiger partial charge in [0.1, 0.15) is 35.0 Å². The summed E-state index contributed by atoms with van der Waals surface area (Å²) >= 11 is 0. The smallest absolute Gasteiger partial charge is 0.298 e. The number of benzene rings is 3. The summed E-state index contributed by atoms with van der Waals surface area (Å²) in [4.78, 5) is 49.4. The summed E-state index contributed by atoms with van der Waals surface area (Å²) in [6.07, 6.45) is 0. The summed E-state index contributed by atoms with van der Waals surface area (Å²) in [6, 6.07) is 22.2. The Morgan fingerprint density at radius 1 is 0.705 bits per heavy atom. The van der Waals surface area contributed by atoms with Crippen molar-refractivity contribution in [2.24, 2.45) is 29.8 Å². The van der Waals surface area contributed by atoms with E-state index in [9.17, 15) is 14.4 Å². The number of aryl methyl sites for hydroxylation is 6. The van der Waals surface area contributed by atoms with Crippen LogP contribution in [-0.2, 0) is 46.9 Å². The summed E-state index contributed by atoms with van der Waals surface area (Å²) in [5.74, 6) is -0.0548. The molecule has 7 rings (SSSR count). The number of fused-ring (bicyclic) bond motifs is 2. The number of imidazole rings is 2. The zero-order valence-corrected chi connectivity index (χ0v) is 36.1. The lowest BCUT2D eigenvalue weighted by Gasteiger charge is -2.14. The number of aromatic nitrogens is 8. The molecule has 4 aromatic heterocycles. The lowest BCUT2D eigenvalue weighted by molar-refractivity contribution is 0.0977. The summed E-state index contributed by atoms with van der Waals surface area (Å²) < 4.78 is 22.8. The fourth-order valence-corrected chi connectivity index (χ4v) is 7.55. The molecule has 0 aliphatic rings. The molecule has 2 N–H and O–H groups in total. The first kappa shape index (κ1) is 41.9. The Bertz CT molecular complexity index is 3020. The predicted octanol–water partition coefficient (Wildman–Crippen LogP) is 5.53. The van der Waals surface area contributed by atoms with Crippen molar-refractivity contribution in [1.29, 1.82) is 0 Å². The van der Waals surface area contributed by atoms with E-state index in [2.05, 4.69) is 15.2 Å². The highest BCUT2D eigenvalue weighted by Gasteiger charge is 2.21. The van der Waals surface area contributed by atoms with Crippen molar-refractivity contribution >= 4 is 39.8 Å². The second kappa shape index (κ2) is 17.2. The molecule has 61 heavy (non-hydrogen) atoms. The number of nitrogens with two attached hydrogens (primary N) is 1. The Labute approximate surface area is 352 Å². The standard InChI is InChI=1S/C45H51N11O5/c1-10-55-37(21-29(5)49-55)42(58)47-44-52(8)36-23-32(41(46)57)17-20-34(36)53(44)24-27(3)28(4)25-54-40-35(13-12-14-39(40)61-26-31-15-18-33(60-9)19-16-31)51(7)45(54)48-43(59)38-22-30(6)50-56(38)11-2/h12-23H,10-11,24-26H2,1-9H3,(H2,46,57)/b28-27+,47-44+,48-45+. The average Bonchev–Trinajstić information content (AvgIpc) is 3.98. The first-order valence-electron chi connectivity index (χ1n) is 20.1. The Balaban J connectivity index is 1.36. The molecule has 0 fully saturated rings. The third-order valence-corrected chi connectivity index (χ3v) is 10.9. The van der Waals surface area contributed by atoms with Crippen LogP contribution in [0.4, 0.5) is 0 Å². The molecule has 16 heteroatoms. The number of hydrogen-bond donors (Lipinski definition) is 1. The number of allylic oxidation sites excluding steroid dienone is 2. The maximum atomic E-state index is 14.0. The van der Waals surface area contributed by atoms with E-state index in [1.165, 1.54) is 0 Å². The molecular formula is C45H51N11O5. The van der Waals surface area contributed by atoms with Gasteiger partial charge in [-0.1, -0.05) is 29.3 Å². The number of methoxy groups -OCH3 is 1. The number of hydrogen-bond acceptors (Lipinski definition) is 7. The third-order valence-electron chi connectivity index (χ3n) is 10.9. The van der Waals surface area contributed by atoms with Gasteiger partial charge in [-0.25, -0.2) is 0 Å². The minimum absolute atomic E-state index is 0.297. The highest BCUT2D eigenvalue weighted by atomic mass is 16.5. The van der Waals surface area contributed by atoms with Gasteiger partial charge in [0.05, 0.1) is 35.0 Å². The Kier molecular flexibility index (Phi) is 11.8. The number of carbonyl (C=O) groups is 3. The second-order valence-corrected chi connectivity index (χ2v) is 15.1. The van der Waals surface area contributed by atoms with E-state index in [-0.39, 0.29) is 0 Å². The summed E-state index contributed by atoms with van der Waals surface area (Å²) in [6.45, 7) is 13.6. The molecule has 316 valence electrons. The summed E-state index contributed by atoms with van der Waals surface area (Å²) in [7, 11) is 5.32. The van der Waals surface area contributed by atoms with Crippen LogP contribution < -0.4 is 26.4 Å². The van der Waals surface area contributed by atoms with E-state index in [1.807, 2.05) is 111 Å². The molecule has 3 aromatic carbocycles. The molecule has 16 nitrogen and oxygen atoms in total. The van der Waals surface area contributed by atoms with Gasteiger partial charge >= 0.3 is 0 Å². The van der Waals surface area contributed by atoms with E-state index in [4.69, 9.17) is 20.2 Å². The molecule has 0 aliphatic heterocycles. The van der Waals surface area contributed by atoms with Crippen molar-refractivity contribution < 1.29 is 23.9 Å². The fourth-order valence-electron chi connectivity index (χ4n) is 7.55. The lowest BCUT2D eigenvalue weighted by atomic mass is 10.1. The lowest BCUT2D eigenvalue weighted by Crippen LogP contribution is -2.28. The van der Waals surface area contributed by atoms with Crippen LogP contribution in [0.1, 0.15) is 76.0 Å². The molecular weight excluding hydrogens is 775 g/mol. The van der Waals surface area contributed by atoms with Crippen molar-refractivity contribution in [3.8, 4) is 11.5 Å². The maximum absolute atomic E-state index is 14.0. The molecule has 0 aliphatic carbocycles. The van der Waals surface area contributed by atoms with Gasteiger partial charge in [-0.15, -0.1) is 0 Å². The van der Waals surface area contributed by atoms with E-state index < -0.39 is 17.7 Å². The highest BCUT2D eigenvalue weighted by molar-refractivity contribution is 5.97. The zero-order chi connectivity index (χ0) is 43.7. The van der Waals surface area contributed by atoms with Crippen LogP contribution in [0.2, 0.25) is 0 Å². The Morgan fingerprint density at radius 2 is 1.26 bits per heavy atom. The molecule has 0 saturated heterocycles. The van der Waals surface area contributed by atoms with E-state index >= 15 is 0 Å². The molecule has 0 spiro atoms. The maximum Gasteiger partial charge on any atom is 0.298 e. The molecule has 0 bridgehead atoms. The molecule has 3 amide bonds. The van der Waals surface area contributed by atoms with Crippen molar-refractivity contribution in [3.63, 3.8) is 0 Å². The molecule has 0 atom stereocenters. The van der Waals surface area contributed by atoms with Gasteiger partial charge in [0.25, 0.3) is 11.8 Å². The quantitative estimate of drug-likeness (QED) is 0.149. The van der Waals surface area contributed by atoms with Gasteiger partial charge in [-0.2, -0.15) is 20.2 Å². The monoisotopic (exact) mass is 825 g/mol. The van der Waals surface area contributed by atoms with Crippen LogP contribution in [0.3, 0.4) is 0 Å². The van der Waals surface area contributed by atoms with Crippen LogP contribution in [0.5, 0.6) is 11.5 Å². The topological polar surface area (TPSA) is 176 Å². The van der Waals surface area contributed by atoms with Gasteiger partial charge in [0.2, 0.25) is 17.1 Å². The van der Waals surface area contributed by atoms with Gasteiger partial charge in [0.15, 0.2) is 0 Å².